The minimum Gasteiger partial charge on any atom is -0.316 e. The SMILES string of the molecule is O=C1N(c2ccc(Cl)cc2)CCCC12CCCNC2. The Morgan fingerprint density at radius 1 is 1.16 bits per heavy atom. The molecule has 1 atom stereocenters. The van der Waals surface area contributed by atoms with Crippen molar-refractivity contribution in [3.05, 3.63) is 29.3 Å². The molecule has 1 aromatic carbocycles. The third-order valence-corrected chi connectivity index (χ3v) is 4.60. The molecular weight excluding hydrogens is 260 g/mol. The zero-order valence-corrected chi connectivity index (χ0v) is 11.7. The number of carbonyl (C=O) groups excluding carboxylic acids is 1. The van der Waals surface area contributed by atoms with Crippen LogP contribution in [0.2, 0.25) is 5.02 Å². The van der Waals surface area contributed by atoms with E-state index in [0.717, 1.165) is 51.0 Å². The van der Waals surface area contributed by atoms with Crippen LogP contribution in [-0.2, 0) is 4.79 Å². The fraction of sp³-hybridized carbons (Fsp3) is 0.533. The Hall–Kier alpha value is -1.06. The normalized spacial score (nSPS) is 27.8. The number of benzene rings is 1. The average molecular weight is 279 g/mol. The standard InChI is InChI=1S/C15H19ClN2O/c16-12-3-5-13(6-4-12)18-10-2-8-15(14(18)19)7-1-9-17-11-15/h3-6,17H,1-2,7-11H2. The summed E-state index contributed by atoms with van der Waals surface area (Å²) in [6.45, 7) is 2.69. The van der Waals surface area contributed by atoms with Gasteiger partial charge in [-0.3, -0.25) is 4.79 Å². The molecule has 19 heavy (non-hydrogen) atoms. The van der Waals surface area contributed by atoms with E-state index < -0.39 is 0 Å². The van der Waals surface area contributed by atoms with Crippen LogP contribution in [0.3, 0.4) is 0 Å². The number of nitrogens with one attached hydrogen (secondary N) is 1. The van der Waals surface area contributed by atoms with Gasteiger partial charge in [-0.1, -0.05) is 11.6 Å². The quantitative estimate of drug-likeness (QED) is 0.857. The summed E-state index contributed by atoms with van der Waals surface area (Å²) in [5.74, 6) is 0.285. The molecule has 0 aromatic heterocycles. The lowest BCUT2D eigenvalue weighted by molar-refractivity contribution is -0.131. The van der Waals surface area contributed by atoms with Gasteiger partial charge in [0.05, 0.1) is 5.41 Å². The first-order valence-corrected chi connectivity index (χ1v) is 7.37. The average Bonchev–Trinajstić information content (AvgIpc) is 2.44. The van der Waals surface area contributed by atoms with E-state index in [1.54, 1.807) is 0 Å². The van der Waals surface area contributed by atoms with Crippen LogP contribution in [0.4, 0.5) is 5.69 Å². The summed E-state index contributed by atoms with van der Waals surface area (Å²) in [5, 5.41) is 4.10. The van der Waals surface area contributed by atoms with Gasteiger partial charge >= 0.3 is 0 Å². The van der Waals surface area contributed by atoms with E-state index in [0.29, 0.717) is 5.02 Å². The molecule has 1 aromatic rings. The number of piperidine rings is 2. The number of anilines is 1. The molecule has 1 N–H and O–H groups in total. The summed E-state index contributed by atoms with van der Waals surface area (Å²) in [6.07, 6.45) is 4.21. The molecular formula is C15H19ClN2O. The Morgan fingerprint density at radius 3 is 2.58 bits per heavy atom. The molecule has 2 aliphatic rings. The van der Waals surface area contributed by atoms with E-state index >= 15 is 0 Å². The summed E-state index contributed by atoms with van der Waals surface area (Å²) < 4.78 is 0. The minimum atomic E-state index is -0.170. The molecule has 0 bridgehead atoms. The second-order valence-corrected chi connectivity index (χ2v) is 6.03. The van der Waals surface area contributed by atoms with Gasteiger partial charge in [0, 0.05) is 23.8 Å². The monoisotopic (exact) mass is 278 g/mol. The molecule has 1 spiro atoms. The Morgan fingerprint density at radius 2 is 1.89 bits per heavy atom. The molecule has 0 aliphatic carbocycles. The van der Waals surface area contributed by atoms with Crippen molar-refractivity contribution in [1.82, 2.24) is 5.32 Å². The second-order valence-electron chi connectivity index (χ2n) is 5.60. The number of hydrogen-bond acceptors (Lipinski definition) is 2. The van der Waals surface area contributed by atoms with Crippen LogP contribution < -0.4 is 10.2 Å². The highest BCUT2D eigenvalue weighted by molar-refractivity contribution is 6.30. The van der Waals surface area contributed by atoms with Gasteiger partial charge in [-0.2, -0.15) is 0 Å². The smallest absolute Gasteiger partial charge is 0.234 e. The van der Waals surface area contributed by atoms with Crippen LogP contribution >= 0.6 is 11.6 Å². The van der Waals surface area contributed by atoms with Crippen LogP contribution in [0.25, 0.3) is 0 Å². The third kappa shape index (κ3) is 2.37. The molecule has 102 valence electrons. The molecule has 0 saturated carbocycles. The van der Waals surface area contributed by atoms with Crippen molar-refractivity contribution in [2.45, 2.75) is 25.7 Å². The van der Waals surface area contributed by atoms with Crippen LogP contribution in [0.15, 0.2) is 24.3 Å². The first-order valence-electron chi connectivity index (χ1n) is 7.00. The van der Waals surface area contributed by atoms with Crippen molar-refractivity contribution >= 4 is 23.2 Å². The van der Waals surface area contributed by atoms with Crippen LogP contribution in [0.5, 0.6) is 0 Å². The Balaban J connectivity index is 1.86. The van der Waals surface area contributed by atoms with Crippen molar-refractivity contribution in [1.29, 1.82) is 0 Å². The van der Waals surface area contributed by atoms with Gasteiger partial charge in [0.2, 0.25) is 5.91 Å². The van der Waals surface area contributed by atoms with E-state index in [1.807, 2.05) is 29.2 Å². The van der Waals surface area contributed by atoms with Crippen LogP contribution in [0.1, 0.15) is 25.7 Å². The Bertz CT molecular complexity index is 460. The van der Waals surface area contributed by atoms with Gasteiger partial charge in [-0.05, 0) is 56.5 Å². The van der Waals surface area contributed by atoms with E-state index in [1.165, 1.54) is 0 Å². The van der Waals surface area contributed by atoms with Crippen molar-refractivity contribution in [2.75, 3.05) is 24.5 Å². The van der Waals surface area contributed by atoms with Gasteiger partial charge in [0.25, 0.3) is 0 Å². The Labute approximate surface area is 118 Å². The maximum atomic E-state index is 12.8. The lowest BCUT2D eigenvalue weighted by Gasteiger charge is -2.44. The number of amides is 1. The highest BCUT2D eigenvalue weighted by Crippen LogP contribution is 2.38. The summed E-state index contributed by atoms with van der Waals surface area (Å²) in [7, 11) is 0. The molecule has 3 rings (SSSR count). The fourth-order valence-corrected chi connectivity index (χ4v) is 3.43. The van der Waals surface area contributed by atoms with Gasteiger partial charge in [-0.25, -0.2) is 0 Å². The number of carbonyl (C=O) groups is 1. The zero-order chi connectivity index (χ0) is 13.3. The molecule has 2 fully saturated rings. The maximum absolute atomic E-state index is 12.8. The molecule has 2 heterocycles. The van der Waals surface area contributed by atoms with E-state index in [9.17, 15) is 4.79 Å². The van der Waals surface area contributed by atoms with Crippen molar-refractivity contribution in [2.24, 2.45) is 5.41 Å². The van der Waals surface area contributed by atoms with Crippen molar-refractivity contribution in [3.8, 4) is 0 Å². The lowest BCUT2D eigenvalue weighted by atomic mass is 9.73. The highest BCUT2D eigenvalue weighted by Gasteiger charge is 2.44. The topological polar surface area (TPSA) is 32.3 Å². The number of hydrogen-bond donors (Lipinski definition) is 1. The van der Waals surface area contributed by atoms with Gasteiger partial charge in [0.15, 0.2) is 0 Å². The summed E-state index contributed by atoms with van der Waals surface area (Å²) in [5.41, 5.74) is 0.801. The van der Waals surface area contributed by atoms with E-state index in [2.05, 4.69) is 5.32 Å². The van der Waals surface area contributed by atoms with Crippen molar-refractivity contribution in [3.63, 3.8) is 0 Å². The third-order valence-electron chi connectivity index (χ3n) is 4.35. The predicted molar refractivity (Wildman–Crippen MR) is 77.6 cm³/mol. The summed E-state index contributed by atoms with van der Waals surface area (Å²) in [4.78, 5) is 14.8. The minimum absolute atomic E-state index is 0.170. The number of rotatable bonds is 1. The van der Waals surface area contributed by atoms with Gasteiger partial charge in [-0.15, -0.1) is 0 Å². The molecule has 1 unspecified atom stereocenters. The molecule has 4 heteroatoms. The zero-order valence-electron chi connectivity index (χ0n) is 11.0. The van der Waals surface area contributed by atoms with Gasteiger partial charge in [0.1, 0.15) is 0 Å². The molecule has 1 amide bonds. The number of nitrogens with zero attached hydrogens (tertiary/aromatic N) is 1. The predicted octanol–water partition coefficient (Wildman–Crippen LogP) is 2.84. The van der Waals surface area contributed by atoms with E-state index in [-0.39, 0.29) is 11.3 Å². The molecule has 0 radical (unpaired) electrons. The first kappa shape index (κ1) is 12.9. The highest BCUT2D eigenvalue weighted by atomic mass is 35.5. The van der Waals surface area contributed by atoms with Crippen molar-refractivity contribution < 1.29 is 4.79 Å². The fourth-order valence-electron chi connectivity index (χ4n) is 3.30. The molecule has 2 saturated heterocycles. The number of halogens is 1. The summed E-state index contributed by atoms with van der Waals surface area (Å²) >= 11 is 5.92. The Kier molecular flexibility index (Phi) is 3.50. The van der Waals surface area contributed by atoms with Crippen LogP contribution in [-0.4, -0.2) is 25.5 Å². The second kappa shape index (κ2) is 5.14. The summed E-state index contributed by atoms with van der Waals surface area (Å²) in [6, 6.07) is 7.58. The molecule has 2 aliphatic heterocycles. The molecule has 3 nitrogen and oxygen atoms in total. The lowest BCUT2D eigenvalue weighted by Crippen LogP contribution is -2.55. The van der Waals surface area contributed by atoms with Crippen LogP contribution in [0, 0.1) is 5.41 Å². The first-order chi connectivity index (χ1) is 9.21. The van der Waals surface area contributed by atoms with Gasteiger partial charge < -0.3 is 10.2 Å². The van der Waals surface area contributed by atoms with E-state index in [4.69, 9.17) is 11.6 Å². The maximum Gasteiger partial charge on any atom is 0.234 e. The largest absolute Gasteiger partial charge is 0.316 e.